The molecule has 4 heteroatoms. The van der Waals surface area contributed by atoms with Gasteiger partial charge in [-0.1, -0.05) is 41.9 Å². The van der Waals surface area contributed by atoms with E-state index in [1.54, 1.807) is 0 Å². The molecule has 2 aliphatic rings. The van der Waals surface area contributed by atoms with Crippen LogP contribution in [0.1, 0.15) is 35.8 Å². The standard InChI is InChI=1S/C25H27ClN2O/c26-22-8-9-24-21(17-22)18-28-13-4-7-23(28)25(29-24)20-11-15-27(16-12-20)14-10-19-5-2-1-3-6-19/h1-9,13,17,20,25H,10-12,14-16,18H2. The molecule has 1 saturated heterocycles. The van der Waals surface area contributed by atoms with E-state index in [1.165, 1.54) is 24.1 Å². The highest BCUT2D eigenvalue weighted by Gasteiger charge is 2.33. The molecule has 3 nitrogen and oxygen atoms in total. The summed E-state index contributed by atoms with van der Waals surface area (Å²) in [6.45, 7) is 4.25. The first-order valence-corrected chi connectivity index (χ1v) is 11.0. The lowest BCUT2D eigenvalue weighted by Crippen LogP contribution is -2.38. The van der Waals surface area contributed by atoms with Crippen LogP contribution >= 0.6 is 11.6 Å². The van der Waals surface area contributed by atoms with Gasteiger partial charge in [0.15, 0.2) is 0 Å². The second-order valence-electron chi connectivity index (χ2n) is 8.27. The van der Waals surface area contributed by atoms with Crippen molar-refractivity contribution in [1.29, 1.82) is 0 Å². The molecular formula is C25H27ClN2O. The minimum atomic E-state index is 0.115. The van der Waals surface area contributed by atoms with Gasteiger partial charge in [0.1, 0.15) is 11.9 Å². The molecule has 3 aromatic rings. The van der Waals surface area contributed by atoms with E-state index in [0.717, 1.165) is 48.9 Å². The minimum Gasteiger partial charge on any atom is -0.484 e. The maximum Gasteiger partial charge on any atom is 0.141 e. The second-order valence-corrected chi connectivity index (χ2v) is 8.70. The topological polar surface area (TPSA) is 17.4 Å². The predicted molar refractivity (Wildman–Crippen MR) is 118 cm³/mol. The van der Waals surface area contributed by atoms with Crippen LogP contribution in [0.3, 0.4) is 0 Å². The quantitative estimate of drug-likeness (QED) is 0.562. The van der Waals surface area contributed by atoms with E-state index in [0.29, 0.717) is 5.92 Å². The molecule has 29 heavy (non-hydrogen) atoms. The van der Waals surface area contributed by atoms with Gasteiger partial charge in [0.05, 0.1) is 12.2 Å². The number of likely N-dealkylation sites (tertiary alicyclic amines) is 1. The zero-order chi connectivity index (χ0) is 19.6. The highest BCUT2D eigenvalue weighted by molar-refractivity contribution is 6.30. The maximum atomic E-state index is 6.60. The number of aromatic nitrogens is 1. The molecular weight excluding hydrogens is 380 g/mol. The Kier molecular flexibility index (Phi) is 5.34. The average Bonchev–Trinajstić information content (AvgIpc) is 3.15. The number of fused-ring (bicyclic) bond motifs is 2. The molecule has 1 unspecified atom stereocenters. The van der Waals surface area contributed by atoms with E-state index >= 15 is 0 Å². The highest BCUT2D eigenvalue weighted by Crippen LogP contribution is 2.39. The van der Waals surface area contributed by atoms with Crippen molar-refractivity contribution in [2.75, 3.05) is 19.6 Å². The largest absolute Gasteiger partial charge is 0.484 e. The third-order valence-electron chi connectivity index (χ3n) is 6.39. The third kappa shape index (κ3) is 4.08. The Morgan fingerprint density at radius 2 is 1.79 bits per heavy atom. The predicted octanol–water partition coefficient (Wildman–Crippen LogP) is 5.58. The van der Waals surface area contributed by atoms with E-state index < -0.39 is 0 Å². The molecule has 3 heterocycles. The van der Waals surface area contributed by atoms with Crippen molar-refractivity contribution < 1.29 is 4.74 Å². The summed E-state index contributed by atoms with van der Waals surface area (Å²) in [7, 11) is 0. The summed E-state index contributed by atoms with van der Waals surface area (Å²) in [5, 5.41) is 0.770. The number of ether oxygens (including phenoxy) is 1. The van der Waals surface area contributed by atoms with Gasteiger partial charge in [0, 0.05) is 29.2 Å². The number of rotatable bonds is 4. The molecule has 0 N–H and O–H groups in total. The molecule has 5 rings (SSSR count). The Morgan fingerprint density at radius 1 is 0.966 bits per heavy atom. The molecule has 150 valence electrons. The number of halogens is 1. The molecule has 1 aromatic heterocycles. The first-order valence-electron chi connectivity index (χ1n) is 10.6. The SMILES string of the molecule is Clc1ccc2c(c1)Cn1cccc1C(C1CCN(CCc3ccccc3)CC1)O2. The molecule has 0 amide bonds. The van der Waals surface area contributed by atoms with Gasteiger partial charge in [-0.15, -0.1) is 0 Å². The van der Waals surface area contributed by atoms with Gasteiger partial charge in [-0.05, 0) is 68.2 Å². The zero-order valence-corrected chi connectivity index (χ0v) is 17.4. The highest BCUT2D eigenvalue weighted by atomic mass is 35.5. The fourth-order valence-corrected chi connectivity index (χ4v) is 4.94. The van der Waals surface area contributed by atoms with Crippen LogP contribution in [-0.2, 0) is 13.0 Å². The van der Waals surface area contributed by atoms with E-state index in [9.17, 15) is 0 Å². The summed E-state index contributed by atoms with van der Waals surface area (Å²) in [5.41, 5.74) is 3.88. The van der Waals surface area contributed by atoms with Gasteiger partial charge >= 0.3 is 0 Å². The number of benzene rings is 2. The Balaban J connectivity index is 1.27. The van der Waals surface area contributed by atoms with E-state index in [4.69, 9.17) is 16.3 Å². The van der Waals surface area contributed by atoms with Crippen LogP contribution in [0.15, 0.2) is 66.9 Å². The van der Waals surface area contributed by atoms with Crippen LogP contribution in [0, 0.1) is 5.92 Å². The van der Waals surface area contributed by atoms with Crippen molar-refractivity contribution in [3.8, 4) is 5.75 Å². The number of hydrogen-bond donors (Lipinski definition) is 0. The maximum absolute atomic E-state index is 6.60. The first-order chi connectivity index (χ1) is 14.3. The molecule has 0 spiro atoms. The lowest BCUT2D eigenvalue weighted by Gasteiger charge is -2.36. The van der Waals surface area contributed by atoms with Crippen molar-refractivity contribution >= 4 is 11.6 Å². The van der Waals surface area contributed by atoms with Gasteiger partial charge in [-0.2, -0.15) is 0 Å². The lowest BCUT2D eigenvalue weighted by molar-refractivity contribution is 0.0745. The summed E-state index contributed by atoms with van der Waals surface area (Å²) < 4.78 is 8.93. The monoisotopic (exact) mass is 406 g/mol. The zero-order valence-electron chi connectivity index (χ0n) is 16.6. The van der Waals surface area contributed by atoms with Crippen molar-refractivity contribution in [3.05, 3.63) is 88.7 Å². The summed E-state index contributed by atoms with van der Waals surface area (Å²) in [6, 6.07) is 21.2. The summed E-state index contributed by atoms with van der Waals surface area (Å²) >= 11 is 6.24. The number of nitrogens with zero attached hydrogens (tertiary/aromatic N) is 2. The fraction of sp³-hybridized carbons (Fsp3) is 0.360. The smallest absolute Gasteiger partial charge is 0.141 e. The van der Waals surface area contributed by atoms with Gasteiger partial charge in [-0.25, -0.2) is 0 Å². The fourth-order valence-electron chi connectivity index (χ4n) is 4.75. The summed E-state index contributed by atoms with van der Waals surface area (Å²) in [6.07, 6.45) is 5.75. The Hall–Kier alpha value is -2.23. The number of piperidine rings is 1. The molecule has 1 fully saturated rings. The van der Waals surface area contributed by atoms with Crippen LogP contribution in [-0.4, -0.2) is 29.1 Å². The normalized spacial score (nSPS) is 19.8. The minimum absolute atomic E-state index is 0.115. The van der Waals surface area contributed by atoms with Crippen LogP contribution in [0.2, 0.25) is 5.02 Å². The lowest BCUT2D eigenvalue weighted by atomic mass is 9.89. The van der Waals surface area contributed by atoms with Crippen LogP contribution in [0.4, 0.5) is 0 Å². The molecule has 0 saturated carbocycles. The molecule has 0 bridgehead atoms. The van der Waals surface area contributed by atoms with Crippen molar-refractivity contribution in [3.63, 3.8) is 0 Å². The van der Waals surface area contributed by atoms with Crippen LogP contribution in [0.5, 0.6) is 5.75 Å². The van der Waals surface area contributed by atoms with Crippen molar-refractivity contribution in [2.24, 2.45) is 5.92 Å². The van der Waals surface area contributed by atoms with Gasteiger partial charge in [-0.3, -0.25) is 0 Å². The number of hydrogen-bond acceptors (Lipinski definition) is 2. The summed E-state index contributed by atoms with van der Waals surface area (Å²) in [5.74, 6) is 1.52. The van der Waals surface area contributed by atoms with Crippen molar-refractivity contribution in [2.45, 2.75) is 31.9 Å². The summed E-state index contributed by atoms with van der Waals surface area (Å²) in [4.78, 5) is 2.60. The third-order valence-corrected chi connectivity index (χ3v) is 6.63. The average molecular weight is 407 g/mol. The van der Waals surface area contributed by atoms with Crippen molar-refractivity contribution in [1.82, 2.24) is 9.47 Å². The van der Waals surface area contributed by atoms with Gasteiger partial charge < -0.3 is 14.2 Å². The Labute approximate surface area is 177 Å². The van der Waals surface area contributed by atoms with Gasteiger partial charge in [0.2, 0.25) is 0 Å². The molecule has 1 atom stereocenters. The van der Waals surface area contributed by atoms with E-state index in [2.05, 4.69) is 58.1 Å². The first kappa shape index (κ1) is 18.8. The second kappa shape index (κ2) is 8.25. The Bertz CT molecular complexity index is 960. The molecule has 2 aromatic carbocycles. The van der Waals surface area contributed by atoms with E-state index in [1.807, 2.05) is 18.2 Å². The molecule has 2 aliphatic heterocycles. The molecule has 0 radical (unpaired) electrons. The van der Waals surface area contributed by atoms with Crippen LogP contribution in [0.25, 0.3) is 0 Å². The molecule has 0 aliphatic carbocycles. The van der Waals surface area contributed by atoms with Crippen LogP contribution < -0.4 is 4.74 Å². The van der Waals surface area contributed by atoms with E-state index in [-0.39, 0.29) is 6.10 Å². The van der Waals surface area contributed by atoms with Gasteiger partial charge in [0.25, 0.3) is 0 Å². The Morgan fingerprint density at radius 3 is 2.62 bits per heavy atom.